The molecule has 0 heterocycles. The summed E-state index contributed by atoms with van der Waals surface area (Å²) in [6.45, 7) is 2.04. The number of carboxylic acids is 1. The summed E-state index contributed by atoms with van der Waals surface area (Å²) in [7, 11) is 0. The Morgan fingerprint density at radius 3 is 2.37 bits per heavy atom. The minimum absolute atomic E-state index is 0.0522. The molecule has 2 N–H and O–H groups in total. The number of allylic oxidation sites excluding steroid dienone is 2. The Balaban J connectivity index is 1.68. The topological polar surface area (TPSA) is 66.4 Å². The van der Waals surface area contributed by atoms with E-state index in [0.717, 1.165) is 6.42 Å². The van der Waals surface area contributed by atoms with Gasteiger partial charge in [-0.3, -0.25) is 9.59 Å². The maximum atomic E-state index is 12.4. The van der Waals surface area contributed by atoms with Crippen LogP contribution in [0.3, 0.4) is 0 Å². The number of rotatable bonds is 4. The third-order valence-corrected chi connectivity index (χ3v) is 5.27. The molecule has 1 amide bonds. The minimum atomic E-state index is -0.826. The van der Waals surface area contributed by atoms with Crippen LogP contribution in [0.25, 0.3) is 0 Å². The molecule has 4 heteroatoms. The molecule has 4 nitrogen and oxygen atoms in total. The molecular weight excluding hydrogens is 242 g/mol. The molecule has 0 spiro atoms. The normalized spacial score (nSPS) is 37.9. The number of aliphatic carboxylic acids is 1. The van der Waals surface area contributed by atoms with Crippen molar-refractivity contribution < 1.29 is 14.7 Å². The molecule has 3 aliphatic carbocycles. The van der Waals surface area contributed by atoms with Gasteiger partial charge in [-0.05, 0) is 43.9 Å². The second kappa shape index (κ2) is 4.66. The van der Waals surface area contributed by atoms with Gasteiger partial charge < -0.3 is 10.4 Å². The van der Waals surface area contributed by atoms with Crippen LogP contribution in [0.1, 0.15) is 32.6 Å². The Morgan fingerprint density at radius 1 is 1.21 bits per heavy atom. The van der Waals surface area contributed by atoms with E-state index in [1.165, 1.54) is 19.3 Å². The number of hydrogen-bond acceptors (Lipinski definition) is 2. The summed E-state index contributed by atoms with van der Waals surface area (Å²) >= 11 is 0. The van der Waals surface area contributed by atoms with Crippen LogP contribution in [0.2, 0.25) is 0 Å². The predicted molar refractivity (Wildman–Crippen MR) is 70.3 cm³/mol. The summed E-state index contributed by atoms with van der Waals surface area (Å²) in [5, 5.41) is 12.4. The molecule has 2 fully saturated rings. The van der Waals surface area contributed by atoms with E-state index in [1.54, 1.807) is 0 Å². The lowest BCUT2D eigenvalue weighted by Gasteiger charge is -2.33. The standard InChI is InChI=1S/C15H21NO3/c1-8(9-3-2-4-9)16-14(17)12-10-5-6-11(7-10)13(12)15(18)19/h5-6,8-13H,2-4,7H2,1H3,(H,16,17)(H,18,19). The molecule has 3 rings (SSSR count). The van der Waals surface area contributed by atoms with E-state index in [4.69, 9.17) is 0 Å². The number of amides is 1. The zero-order chi connectivity index (χ0) is 13.6. The molecule has 2 bridgehead atoms. The first kappa shape index (κ1) is 12.7. The first-order valence-corrected chi connectivity index (χ1v) is 7.29. The molecule has 0 aromatic heterocycles. The Kier molecular flexibility index (Phi) is 3.11. The average molecular weight is 263 g/mol. The monoisotopic (exact) mass is 263 g/mol. The lowest BCUT2D eigenvalue weighted by Crippen LogP contribution is -2.47. The maximum absolute atomic E-state index is 12.4. The van der Waals surface area contributed by atoms with Crippen LogP contribution in [0, 0.1) is 29.6 Å². The summed E-state index contributed by atoms with van der Waals surface area (Å²) < 4.78 is 0. The quantitative estimate of drug-likeness (QED) is 0.760. The van der Waals surface area contributed by atoms with E-state index >= 15 is 0 Å². The van der Waals surface area contributed by atoms with Crippen molar-refractivity contribution in [1.29, 1.82) is 0 Å². The Bertz CT molecular complexity index is 427. The number of nitrogens with one attached hydrogen (secondary N) is 1. The van der Waals surface area contributed by atoms with Crippen LogP contribution < -0.4 is 5.32 Å². The number of carbonyl (C=O) groups is 2. The van der Waals surface area contributed by atoms with Gasteiger partial charge in [0.05, 0.1) is 11.8 Å². The van der Waals surface area contributed by atoms with Crippen molar-refractivity contribution in [2.45, 2.75) is 38.6 Å². The first-order chi connectivity index (χ1) is 9.08. The molecule has 0 aromatic rings. The maximum Gasteiger partial charge on any atom is 0.307 e. The summed E-state index contributed by atoms with van der Waals surface area (Å²) in [6, 6.07) is 0.179. The van der Waals surface area contributed by atoms with E-state index in [-0.39, 0.29) is 29.7 Å². The van der Waals surface area contributed by atoms with Crippen molar-refractivity contribution in [2.24, 2.45) is 29.6 Å². The third-order valence-electron chi connectivity index (χ3n) is 5.27. The zero-order valence-corrected chi connectivity index (χ0v) is 11.2. The number of hydrogen-bond donors (Lipinski definition) is 2. The van der Waals surface area contributed by atoms with Gasteiger partial charge in [0.25, 0.3) is 0 Å². The summed E-state index contributed by atoms with van der Waals surface area (Å²) in [5.41, 5.74) is 0. The Hall–Kier alpha value is -1.32. The SMILES string of the molecule is CC(NC(=O)C1C2C=CC(C2)C1C(=O)O)C1CCC1. The highest BCUT2D eigenvalue weighted by Gasteiger charge is 2.51. The highest BCUT2D eigenvalue weighted by molar-refractivity contribution is 5.87. The van der Waals surface area contributed by atoms with Crippen molar-refractivity contribution in [1.82, 2.24) is 5.32 Å². The van der Waals surface area contributed by atoms with Crippen molar-refractivity contribution in [3.05, 3.63) is 12.2 Å². The predicted octanol–water partition coefficient (Wildman–Crippen LogP) is 1.81. The van der Waals surface area contributed by atoms with Gasteiger partial charge in [-0.1, -0.05) is 18.6 Å². The summed E-state index contributed by atoms with van der Waals surface area (Å²) in [4.78, 5) is 23.8. The summed E-state index contributed by atoms with van der Waals surface area (Å²) in [5.74, 6) is -1.01. The molecule has 5 unspecified atom stereocenters. The lowest BCUT2D eigenvalue weighted by atomic mass is 9.79. The fourth-order valence-corrected chi connectivity index (χ4v) is 3.89. The van der Waals surface area contributed by atoms with Gasteiger partial charge in [0.2, 0.25) is 5.91 Å². The molecule has 5 atom stereocenters. The number of carbonyl (C=O) groups excluding carboxylic acids is 1. The zero-order valence-electron chi connectivity index (χ0n) is 11.2. The van der Waals surface area contributed by atoms with Crippen LogP contribution in [0.5, 0.6) is 0 Å². The van der Waals surface area contributed by atoms with E-state index < -0.39 is 11.9 Å². The number of fused-ring (bicyclic) bond motifs is 2. The molecule has 2 saturated carbocycles. The molecular formula is C15H21NO3. The van der Waals surface area contributed by atoms with E-state index in [1.807, 2.05) is 19.1 Å². The van der Waals surface area contributed by atoms with Crippen molar-refractivity contribution in [3.8, 4) is 0 Å². The second-order valence-corrected chi connectivity index (χ2v) is 6.33. The molecule has 0 aromatic carbocycles. The van der Waals surface area contributed by atoms with Gasteiger partial charge in [-0.2, -0.15) is 0 Å². The van der Waals surface area contributed by atoms with E-state index in [0.29, 0.717) is 5.92 Å². The lowest BCUT2D eigenvalue weighted by molar-refractivity contribution is -0.148. The third kappa shape index (κ3) is 2.07. The van der Waals surface area contributed by atoms with Gasteiger partial charge in [-0.15, -0.1) is 0 Å². The average Bonchev–Trinajstić information content (AvgIpc) is 2.84. The molecule has 0 radical (unpaired) electrons. The number of carboxylic acid groups (broad SMARTS) is 1. The second-order valence-electron chi connectivity index (χ2n) is 6.33. The molecule has 0 saturated heterocycles. The highest BCUT2D eigenvalue weighted by atomic mass is 16.4. The smallest absolute Gasteiger partial charge is 0.307 e. The van der Waals surface area contributed by atoms with Crippen LogP contribution in [0.4, 0.5) is 0 Å². The summed E-state index contributed by atoms with van der Waals surface area (Å²) in [6.07, 6.45) is 8.44. The highest BCUT2D eigenvalue weighted by Crippen LogP contribution is 2.48. The minimum Gasteiger partial charge on any atom is -0.481 e. The van der Waals surface area contributed by atoms with Gasteiger partial charge in [0.15, 0.2) is 0 Å². The Morgan fingerprint density at radius 2 is 1.84 bits per heavy atom. The molecule has 0 aliphatic heterocycles. The van der Waals surface area contributed by atoms with Crippen LogP contribution in [-0.4, -0.2) is 23.0 Å². The van der Waals surface area contributed by atoms with Gasteiger partial charge in [0, 0.05) is 6.04 Å². The first-order valence-electron chi connectivity index (χ1n) is 7.29. The van der Waals surface area contributed by atoms with Crippen molar-refractivity contribution >= 4 is 11.9 Å². The van der Waals surface area contributed by atoms with Crippen LogP contribution in [-0.2, 0) is 9.59 Å². The van der Waals surface area contributed by atoms with Gasteiger partial charge in [0.1, 0.15) is 0 Å². The molecule has 19 heavy (non-hydrogen) atoms. The Labute approximate surface area is 113 Å². The van der Waals surface area contributed by atoms with Crippen molar-refractivity contribution in [2.75, 3.05) is 0 Å². The largest absolute Gasteiger partial charge is 0.481 e. The molecule has 104 valence electrons. The molecule has 3 aliphatic rings. The van der Waals surface area contributed by atoms with Crippen molar-refractivity contribution in [3.63, 3.8) is 0 Å². The van der Waals surface area contributed by atoms with Crippen LogP contribution >= 0.6 is 0 Å². The van der Waals surface area contributed by atoms with E-state index in [2.05, 4.69) is 5.32 Å². The fraction of sp³-hybridized carbons (Fsp3) is 0.733. The van der Waals surface area contributed by atoms with Gasteiger partial charge in [-0.25, -0.2) is 0 Å². The van der Waals surface area contributed by atoms with E-state index in [9.17, 15) is 14.7 Å². The van der Waals surface area contributed by atoms with Gasteiger partial charge >= 0.3 is 5.97 Å². The van der Waals surface area contributed by atoms with Crippen LogP contribution in [0.15, 0.2) is 12.2 Å². The fourth-order valence-electron chi connectivity index (χ4n) is 3.89.